The number of benzene rings is 1. The van der Waals surface area contributed by atoms with Crippen LogP contribution in [-0.4, -0.2) is 26.3 Å². The van der Waals surface area contributed by atoms with Crippen LogP contribution in [0.3, 0.4) is 0 Å². The molecule has 1 amide bonds. The van der Waals surface area contributed by atoms with E-state index in [-0.39, 0.29) is 10.2 Å². The molecular weight excluding hydrogens is 360 g/mol. The summed E-state index contributed by atoms with van der Waals surface area (Å²) in [5, 5.41) is 12.2. The normalized spacial score (nSPS) is 11.6. The number of halogens is 3. The van der Waals surface area contributed by atoms with Crippen LogP contribution in [0, 0.1) is 0 Å². The number of alkyl halides is 2. The number of nitrogens with one attached hydrogen (secondary N) is 2. The first-order valence-corrected chi connectivity index (χ1v) is 6.89. The van der Waals surface area contributed by atoms with Crippen LogP contribution in [0.2, 0.25) is 0 Å². The fraction of sp³-hybridized carbons (Fsp3) is 0.0769. The molecule has 2 aromatic heterocycles. The smallest absolute Gasteiger partial charge is 0.318 e. The first kappa shape index (κ1) is 14.5. The number of amides is 1. The van der Waals surface area contributed by atoms with Crippen LogP contribution in [0.15, 0.2) is 41.0 Å². The monoisotopic (exact) mass is 367 g/mol. The minimum Gasteiger partial charge on any atom is -0.318 e. The lowest BCUT2D eigenvalue weighted by Crippen LogP contribution is -2.33. The topological polar surface area (TPSA) is 83.6 Å². The number of aromatic nitrogens is 4. The van der Waals surface area contributed by atoms with Crippen molar-refractivity contribution in [3.63, 3.8) is 0 Å². The van der Waals surface area contributed by atoms with Gasteiger partial charge in [-0.1, -0.05) is 6.07 Å². The lowest BCUT2D eigenvalue weighted by molar-refractivity contribution is -0.141. The van der Waals surface area contributed by atoms with Crippen molar-refractivity contribution >= 4 is 38.6 Å². The summed E-state index contributed by atoms with van der Waals surface area (Å²) < 4.78 is 28.6. The summed E-state index contributed by atoms with van der Waals surface area (Å²) in [6.07, 6.45) is 1.19. The van der Waals surface area contributed by atoms with Gasteiger partial charge in [0.15, 0.2) is 0 Å². The third kappa shape index (κ3) is 2.43. The molecular formula is C13H8BrF2N5O. The van der Waals surface area contributed by atoms with E-state index in [1.807, 2.05) is 0 Å². The number of carbonyl (C=O) groups excluding carboxylic acids is 1. The number of para-hydroxylation sites is 1. The Balaban J connectivity index is 1.94. The Morgan fingerprint density at radius 1 is 1.23 bits per heavy atom. The molecule has 2 N–H and O–H groups in total. The van der Waals surface area contributed by atoms with Gasteiger partial charge in [0.05, 0.1) is 5.69 Å². The van der Waals surface area contributed by atoms with Gasteiger partial charge in [0.25, 0.3) is 0 Å². The Bertz CT molecular complexity index is 851. The van der Waals surface area contributed by atoms with Gasteiger partial charge in [-0.2, -0.15) is 24.2 Å². The molecule has 112 valence electrons. The molecule has 0 fully saturated rings. The average Bonchev–Trinajstić information content (AvgIpc) is 2.97. The lowest BCUT2D eigenvalue weighted by Gasteiger charge is -2.16. The van der Waals surface area contributed by atoms with Crippen molar-refractivity contribution in [2.24, 2.45) is 0 Å². The number of carbonyl (C=O) groups is 1. The molecule has 22 heavy (non-hydrogen) atoms. The Labute approximate surface area is 131 Å². The molecule has 0 bridgehead atoms. The zero-order valence-electron chi connectivity index (χ0n) is 10.8. The van der Waals surface area contributed by atoms with Crippen molar-refractivity contribution in [1.29, 1.82) is 0 Å². The second-order valence-corrected chi connectivity index (χ2v) is 5.21. The number of rotatable bonds is 3. The maximum absolute atomic E-state index is 14.3. The first-order chi connectivity index (χ1) is 10.5. The van der Waals surface area contributed by atoms with Gasteiger partial charge < -0.3 is 5.32 Å². The van der Waals surface area contributed by atoms with E-state index in [9.17, 15) is 13.6 Å². The number of H-pyrrole nitrogens is 1. The second-order valence-electron chi connectivity index (χ2n) is 4.36. The molecule has 6 nitrogen and oxygen atoms in total. The summed E-state index contributed by atoms with van der Waals surface area (Å²) in [5.41, 5.74) is 0.245. The Hall–Kier alpha value is -2.42. The highest BCUT2D eigenvalue weighted by atomic mass is 79.9. The molecule has 3 rings (SSSR count). The number of hydrogen-bond acceptors (Lipinski definition) is 4. The van der Waals surface area contributed by atoms with Gasteiger partial charge in [-0.3, -0.25) is 9.78 Å². The third-order valence-corrected chi connectivity index (χ3v) is 3.58. The minimum absolute atomic E-state index is 0.0507. The average molecular weight is 368 g/mol. The van der Waals surface area contributed by atoms with Crippen molar-refractivity contribution in [3.05, 3.63) is 46.7 Å². The van der Waals surface area contributed by atoms with Crippen LogP contribution >= 0.6 is 15.9 Å². The van der Waals surface area contributed by atoms with E-state index in [4.69, 9.17) is 0 Å². The highest BCUT2D eigenvalue weighted by Crippen LogP contribution is 2.33. The summed E-state index contributed by atoms with van der Waals surface area (Å²) in [6, 6.07) is 7.56. The molecule has 0 unspecified atom stereocenters. The number of fused-ring (bicyclic) bond motifs is 1. The van der Waals surface area contributed by atoms with Crippen LogP contribution in [0.1, 0.15) is 5.69 Å². The van der Waals surface area contributed by atoms with Crippen LogP contribution in [0.4, 0.5) is 14.5 Å². The van der Waals surface area contributed by atoms with E-state index in [2.05, 4.69) is 41.6 Å². The molecule has 3 aromatic rings. The Kier molecular flexibility index (Phi) is 3.57. The zero-order chi connectivity index (χ0) is 15.7. The second kappa shape index (κ2) is 5.41. The largest absolute Gasteiger partial charge is 0.367 e. The fourth-order valence-electron chi connectivity index (χ4n) is 1.89. The number of anilines is 1. The first-order valence-electron chi connectivity index (χ1n) is 6.10. The van der Waals surface area contributed by atoms with Gasteiger partial charge in [0.2, 0.25) is 0 Å². The van der Waals surface area contributed by atoms with Crippen LogP contribution in [-0.2, 0) is 10.7 Å². The maximum Gasteiger partial charge on any atom is 0.367 e. The minimum atomic E-state index is -3.80. The SMILES string of the molecule is O=C(Nc1cccc2n[nH]nc12)C(F)(F)c1ncccc1Br. The summed E-state index contributed by atoms with van der Waals surface area (Å²) in [4.78, 5) is 15.5. The van der Waals surface area contributed by atoms with Gasteiger partial charge in [-0.25, -0.2) is 0 Å². The van der Waals surface area contributed by atoms with E-state index < -0.39 is 17.5 Å². The van der Waals surface area contributed by atoms with Gasteiger partial charge >= 0.3 is 11.8 Å². The fourth-order valence-corrected chi connectivity index (χ4v) is 2.40. The number of nitrogens with zero attached hydrogens (tertiary/aromatic N) is 3. The van der Waals surface area contributed by atoms with Gasteiger partial charge in [0, 0.05) is 10.7 Å². The highest BCUT2D eigenvalue weighted by Gasteiger charge is 2.44. The number of hydrogen-bond donors (Lipinski definition) is 2. The third-order valence-electron chi connectivity index (χ3n) is 2.94. The zero-order valence-corrected chi connectivity index (χ0v) is 12.4. The number of pyridine rings is 1. The quantitative estimate of drug-likeness (QED) is 0.745. The summed E-state index contributed by atoms with van der Waals surface area (Å²) in [6.45, 7) is 0. The van der Waals surface area contributed by atoms with Crippen molar-refractivity contribution in [2.45, 2.75) is 5.92 Å². The predicted octanol–water partition coefficient (Wildman–Crippen LogP) is 2.85. The van der Waals surface area contributed by atoms with Gasteiger partial charge in [0.1, 0.15) is 16.7 Å². The Morgan fingerprint density at radius 2 is 2.05 bits per heavy atom. The summed E-state index contributed by atoms with van der Waals surface area (Å²) in [7, 11) is 0. The molecule has 0 spiro atoms. The maximum atomic E-state index is 14.3. The molecule has 0 atom stereocenters. The summed E-state index contributed by atoms with van der Waals surface area (Å²) >= 11 is 2.97. The molecule has 0 aliphatic carbocycles. The molecule has 1 aromatic carbocycles. The van der Waals surface area contributed by atoms with Crippen LogP contribution in [0.5, 0.6) is 0 Å². The molecule has 0 saturated heterocycles. The molecule has 9 heteroatoms. The van der Waals surface area contributed by atoms with Crippen molar-refractivity contribution in [2.75, 3.05) is 5.32 Å². The van der Waals surface area contributed by atoms with Gasteiger partial charge in [-0.15, -0.1) is 0 Å². The highest BCUT2D eigenvalue weighted by molar-refractivity contribution is 9.10. The van der Waals surface area contributed by atoms with Crippen LogP contribution < -0.4 is 5.32 Å². The Morgan fingerprint density at radius 3 is 2.82 bits per heavy atom. The van der Waals surface area contributed by atoms with Crippen molar-refractivity contribution in [3.8, 4) is 0 Å². The molecule has 0 aliphatic rings. The van der Waals surface area contributed by atoms with E-state index in [1.54, 1.807) is 12.1 Å². The van der Waals surface area contributed by atoms with Crippen molar-refractivity contribution in [1.82, 2.24) is 20.4 Å². The molecule has 0 aliphatic heterocycles. The lowest BCUT2D eigenvalue weighted by atomic mass is 10.2. The van der Waals surface area contributed by atoms with E-state index in [0.717, 1.165) is 0 Å². The van der Waals surface area contributed by atoms with Crippen molar-refractivity contribution < 1.29 is 13.6 Å². The van der Waals surface area contributed by atoms with Crippen LogP contribution in [0.25, 0.3) is 11.0 Å². The predicted molar refractivity (Wildman–Crippen MR) is 78.3 cm³/mol. The molecule has 2 heterocycles. The molecule has 0 radical (unpaired) electrons. The van der Waals surface area contributed by atoms with E-state index in [0.29, 0.717) is 11.0 Å². The van der Waals surface area contributed by atoms with Gasteiger partial charge in [-0.05, 0) is 40.2 Å². The van der Waals surface area contributed by atoms with E-state index in [1.165, 1.54) is 24.4 Å². The standard InChI is InChI=1S/C13H8BrF2N5O/c14-7-3-2-6-17-11(7)13(15,16)12(22)18-8-4-1-5-9-10(8)20-21-19-9/h1-6H,(H,18,22)(H,19,20,21). The summed E-state index contributed by atoms with van der Waals surface area (Å²) in [5.74, 6) is -5.30. The van der Waals surface area contributed by atoms with E-state index >= 15 is 0 Å². The number of aromatic amines is 1. The molecule has 0 saturated carbocycles.